The van der Waals surface area contributed by atoms with E-state index in [1.165, 1.54) is 25.9 Å². The summed E-state index contributed by atoms with van der Waals surface area (Å²) in [5, 5.41) is 10.8. The Kier molecular flexibility index (Phi) is 4.27. The van der Waals surface area contributed by atoms with Gasteiger partial charge in [-0.25, -0.2) is 0 Å². The Labute approximate surface area is 104 Å². The van der Waals surface area contributed by atoms with Gasteiger partial charge in [-0.15, -0.1) is 10.2 Å². The highest BCUT2D eigenvalue weighted by molar-refractivity contribution is 7.16. The second-order valence-corrected chi connectivity index (χ2v) is 5.11. The average Bonchev–Trinajstić information content (AvgIpc) is 2.95. The number of hydrogen-bond acceptors (Lipinski definition) is 6. The van der Waals surface area contributed by atoms with Gasteiger partial charge in [-0.1, -0.05) is 11.3 Å². The summed E-state index contributed by atoms with van der Waals surface area (Å²) in [4.78, 5) is 14.0. The molecule has 2 heterocycles. The zero-order valence-electron chi connectivity index (χ0n) is 9.69. The Hall–Kier alpha value is -1.21. The maximum atomic E-state index is 11.6. The van der Waals surface area contributed by atoms with Crippen LogP contribution < -0.4 is 11.1 Å². The highest BCUT2D eigenvalue weighted by atomic mass is 32.1. The van der Waals surface area contributed by atoms with Gasteiger partial charge in [0.05, 0.1) is 0 Å². The third-order valence-corrected chi connectivity index (χ3v) is 3.52. The molecule has 0 spiro atoms. The van der Waals surface area contributed by atoms with E-state index in [0.29, 0.717) is 16.7 Å². The molecule has 6 nitrogen and oxygen atoms in total. The summed E-state index contributed by atoms with van der Waals surface area (Å²) in [6, 6.07) is 0. The van der Waals surface area contributed by atoms with Gasteiger partial charge in [0.1, 0.15) is 0 Å². The van der Waals surface area contributed by atoms with E-state index in [1.54, 1.807) is 0 Å². The summed E-state index contributed by atoms with van der Waals surface area (Å²) in [5.74, 6) is -0.180. The minimum atomic E-state index is -0.180. The van der Waals surface area contributed by atoms with Gasteiger partial charge >= 0.3 is 0 Å². The summed E-state index contributed by atoms with van der Waals surface area (Å²) in [6.07, 6.45) is 3.58. The lowest BCUT2D eigenvalue weighted by Gasteiger charge is -2.13. The zero-order valence-corrected chi connectivity index (χ0v) is 10.5. The fourth-order valence-electron chi connectivity index (χ4n) is 1.91. The standard InChI is InChI=1S/C10H17N5OS/c11-10-14-13-9(17-10)8(16)12-4-3-7-15-5-1-2-6-15/h1-7H2,(H2,11,14)(H,12,16). The Morgan fingerprint density at radius 1 is 1.41 bits per heavy atom. The first-order chi connectivity index (χ1) is 8.25. The number of likely N-dealkylation sites (tertiary alicyclic amines) is 1. The zero-order chi connectivity index (χ0) is 12.1. The molecule has 0 aliphatic carbocycles. The largest absolute Gasteiger partial charge is 0.374 e. The van der Waals surface area contributed by atoms with Gasteiger partial charge in [0.2, 0.25) is 10.1 Å². The number of rotatable bonds is 5. The van der Waals surface area contributed by atoms with Crippen LogP contribution in [0.4, 0.5) is 5.13 Å². The lowest BCUT2D eigenvalue weighted by Crippen LogP contribution is -2.28. The first-order valence-corrected chi connectivity index (χ1v) is 6.67. The molecule has 17 heavy (non-hydrogen) atoms. The van der Waals surface area contributed by atoms with Gasteiger partial charge in [-0.05, 0) is 38.9 Å². The first-order valence-electron chi connectivity index (χ1n) is 5.85. The second kappa shape index (κ2) is 5.92. The lowest BCUT2D eigenvalue weighted by molar-refractivity contribution is 0.0951. The van der Waals surface area contributed by atoms with E-state index < -0.39 is 0 Å². The van der Waals surface area contributed by atoms with Crippen LogP contribution in [0, 0.1) is 0 Å². The molecule has 1 aliphatic rings. The van der Waals surface area contributed by atoms with Gasteiger partial charge in [-0.3, -0.25) is 4.79 Å². The molecule has 1 aliphatic heterocycles. The van der Waals surface area contributed by atoms with Crippen molar-refractivity contribution in [1.29, 1.82) is 0 Å². The first kappa shape index (κ1) is 12.3. The highest BCUT2D eigenvalue weighted by Gasteiger charge is 2.12. The van der Waals surface area contributed by atoms with Gasteiger partial charge in [0.15, 0.2) is 0 Å². The molecule has 0 saturated carbocycles. The number of aromatic nitrogens is 2. The molecule has 0 atom stereocenters. The molecule has 1 fully saturated rings. The van der Waals surface area contributed by atoms with E-state index in [2.05, 4.69) is 20.4 Å². The molecular formula is C10H17N5OS. The number of nitrogens with two attached hydrogens (primary N) is 1. The number of carbonyl (C=O) groups is 1. The molecule has 0 aromatic carbocycles. The van der Waals surface area contributed by atoms with Gasteiger partial charge in [0.25, 0.3) is 5.91 Å². The SMILES string of the molecule is Nc1nnc(C(=O)NCCCN2CCCC2)s1. The fraction of sp³-hybridized carbons (Fsp3) is 0.700. The molecule has 2 rings (SSSR count). The summed E-state index contributed by atoms with van der Waals surface area (Å²) >= 11 is 1.11. The molecule has 0 radical (unpaired) electrons. The fourth-order valence-corrected chi connectivity index (χ4v) is 2.44. The van der Waals surface area contributed by atoms with E-state index >= 15 is 0 Å². The third kappa shape index (κ3) is 3.64. The topological polar surface area (TPSA) is 84.1 Å². The number of nitrogens with one attached hydrogen (secondary N) is 1. The Morgan fingerprint density at radius 3 is 2.82 bits per heavy atom. The van der Waals surface area contributed by atoms with Crippen LogP contribution in [-0.4, -0.2) is 47.2 Å². The monoisotopic (exact) mass is 255 g/mol. The van der Waals surface area contributed by atoms with Crippen LogP contribution in [0.25, 0.3) is 0 Å². The van der Waals surface area contributed by atoms with Crippen LogP contribution >= 0.6 is 11.3 Å². The molecule has 0 bridgehead atoms. The van der Waals surface area contributed by atoms with E-state index in [1.807, 2.05) is 0 Å². The van der Waals surface area contributed by atoms with E-state index in [0.717, 1.165) is 24.3 Å². The number of amides is 1. The predicted molar refractivity (Wildman–Crippen MR) is 66.9 cm³/mol. The number of nitrogen functional groups attached to an aromatic ring is 1. The smallest absolute Gasteiger partial charge is 0.282 e. The number of nitrogens with zero attached hydrogens (tertiary/aromatic N) is 3. The molecule has 1 aromatic heterocycles. The van der Waals surface area contributed by atoms with Crippen molar-refractivity contribution in [2.24, 2.45) is 0 Å². The van der Waals surface area contributed by atoms with Crippen LogP contribution in [0.5, 0.6) is 0 Å². The van der Waals surface area contributed by atoms with E-state index in [-0.39, 0.29) is 5.91 Å². The highest BCUT2D eigenvalue weighted by Crippen LogP contribution is 2.10. The predicted octanol–water partition coefficient (Wildman–Crippen LogP) is 0.336. The third-order valence-electron chi connectivity index (χ3n) is 2.77. The second-order valence-electron chi connectivity index (χ2n) is 4.10. The van der Waals surface area contributed by atoms with Crippen molar-refractivity contribution >= 4 is 22.4 Å². The van der Waals surface area contributed by atoms with Crippen molar-refractivity contribution < 1.29 is 4.79 Å². The quantitative estimate of drug-likeness (QED) is 0.741. The Bertz CT molecular complexity index is 375. The van der Waals surface area contributed by atoms with Crippen LogP contribution in [0.3, 0.4) is 0 Å². The molecule has 0 unspecified atom stereocenters. The number of carbonyl (C=O) groups excluding carboxylic acids is 1. The van der Waals surface area contributed by atoms with E-state index in [4.69, 9.17) is 5.73 Å². The molecule has 1 aromatic rings. The summed E-state index contributed by atoms with van der Waals surface area (Å²) in [5.41, 5.74) is 5.41. The number of hydrogen-bond donors (Lipinski definition) is 2. The maximum absolute atomic E-state index is 11.6. The maximum Gasteiger partial charge on any atom is 0.282 e. The van der Waals surface area contributed by atoms with Crippen molar-refractivity contribution in [2.45, 2.75) is 19.3 Å². The minimum Gasteiger partial charge on any atom is -0.374 e. The molecule has 1 amide bonds. The van der Waals surface area contributed by atoms with Crippen LogP contribution in [0.1, 0.15) is 29.1 Å². The van der Waals surface area contributed by atoms with Crippen molar-refractivity contribution in [3.63, 3.8) is 0 Å². The summed E-state index contributed by atoms with van der Waals surface area (Å²) in [7, 11) is 0. The normalized spacial score (nSPS) is 16.2. The van der Waals surface area contributed by atoms with Crippen molar-refractivity contribution in [2.75, 3.05) is 31.9 Å². The molecule has 94 valence electrons. The van der Waals surface area contributed by atoms with Crippen molar-refractivity contribution in [1.82, 2.24) is 20.4 Å². The van der Waals surface area contributed by atoms with Crippen molar-refractivity contribution in [3.8, 4) is 0 Å². The number of anilines is 1. The Balaban J connectivity index is 1.63. The summed E-state index contributed by atoms with van der Waals surface area (Å²) < 4.78 is 0. The molecule has 1 saturated heterocycles. The van der Waals surface area contributed by atoms with Gasteiger partial charge in [0, 0.05) is 6.54 Å². The minimum absolute atomic E-state index is 0.180. The molecule has 3 N–H and O–H groups in total. The molecular weight excluding hydrogens is 238 g/mol. The van der Waals surface area contributed by atoms with Crippen LogP contribution in [-0.2, 0) is 0 Å². The van der Waals surface area contributed by atoms with Crippen LogP contribution in [0.15, 0.2) is 0 Å². The van der Waals surface area contributed by atoms with E-state index in [9.17, 15) is 4.79 Å². The summed E-state index contributed by atoms with van der Waals surface area (Å²) in [6.45, 7) is 4.12. The average molecular weight is 255 g/mol. The van der Waals surface area contributed by atoms with Crippen molar-refractivity contribution in [3.05, 3.63) is 5.01 Å². The van der Waals surface area contributed by atoms with Gasteiger partial charge in [-0.2, -0.15) is 0 Å². The van der Waals surface area contributed by atoms with Crippen LogP contribution in [0.2, 0.25) is 0 Å². The van der Waals surface area contributed by atoms with Gasteiger partial charge < -0.3 is 16.0 Å². The Morgan fingerprint density at radius 2 is 2.18 bits per heavy atom. The molecule has 7 heteroatoms. The lowest BCUT2D eigenvalue weighted by atomic mass is 10.4.